The number of hydrogen-bond donors (Lipinski definition) is 2. The summed E-state index contributed by atoms with van der Waals surface area (Å²) in [5.41, 5.74) is 1.14. The smallest absolute Gasteiger partial charge is 0.230 e. The van der Waals surface area contributed by atoms with Crippen molar-refractivity contribution in [3.63, 3.8) is 0 Å². The lowest BCUT2D eigenvalue weighted by molar-refractivity contribution is -0.119. The van der Waals surface area contributed by atoms with E-state index in [1.54, 1.807) is 6.92 Å². The van der Waals surface area contributed by atoms with Crippen LogP contribution >= 0.6 is 0 Å². The van der Waals surface area contributed by atoms with E-state index in [0.29, 0.717) is 18.0 Å². The summed E-state index contributed by atoms with van der Waals surface area (Å²) in [4.78, 5) is 13.9. The molecular formula is C14H18FN3O2. The van der Waals surface area contributed by atoms with Crippen LogP contribution in [0.25, 0.3) is 0 Å². The van der Waals surface area contributed by atoms with E-state index in [-0.39, 0.29) is 17.6 Å². The number of ether oxygens (including phenoxy) is 1. The Morgan fingerprint density at radius 1 is 1.35 bits per heavy atom. The van der Waals surface area contributed by atoms with Gasteiger partial charge in [0.15, 0.2) is 5.75 Å². The molecule has 1 saturated heterocycles. The van der Waals surface area contributed by atoms with Crippen molar-refractivity contribution in [3.05, 3.63) is 17.9 Å². The number of piperazine rings is 1. The first kappa shape index (κ1) is 13.2. The van der Waals surface area contributed by atoms with Gasteiger partial charge in [-0.25, -0.2) is 4.39 Å². The highest BCUT2D eigenvalue weighted by atomic mass is 19.1. The van der Waals surface area contributed by atoms with Crippen LogP contribution in [0.5, 0.6) is 5.75 Å². The van der Waals surface area contributed by atoms with E-state index in [0.717, 1.165) is 31.9 Å². The van der Waals surface area contributed by atoms with E-state index in [1.807, 2.05) is 0 Å². The Balaban J connectivity index is 2.00. The van der Waals surface area contributed by atoms with Crippen molar-refractivity contribution < 1.29 is 13.9 Å². The van der Waals surface area contributed by atoms with Gasteiger partial charge in [-0.3, -0.25) is 4.79 Å². The fourth-order valence-corrected chi connectivity index (χ4v) is 2.50. The van der Waals surface area contributed by atoms with E-state index in [9.17, 15) is 9.18 Å². The molecule has 0 saturated carbocycles. The highest BCUT2D eigenvalue weighted by Gasteiger charge is 2.26. The number of fused-ring (bicyclic) bond motifs is 1. The third-order valence-corrected chi connectivity index (χ3v) is 3.67. The largest absolute Gasteiger partial charge is 0.488 e. The molecule has 1 amide bonds. The second kappa shape index (κ2) is 5.28. The molecule has 0 radical (unpaired) electrons. The van der Waals surface area contributed by atoms with Crippen molar-refractivity contribution in [2.75, 3.05) is 43.0 Å². The van der Waals surface area contributed by atoms with Crippen molar-refractivity contribution in [1.29, 1.82) is 0 Å². The molecule has 0 aliphatic carbocycles. The molecule has 3 rings (SSSR count). The first-order chi connectivity index (χ1) is 9.65. The molecular weight excluding hydrogens is 261 g/mol. The molecule has 20 heavy (non-hydrogen) atoms. The van der Waals surface area contributed by atoms with E-state index < -0.39 is 0 Å². The monoisotopic (exact) mass is 279 g/mol. The highest BCUT2D eigenvalue weighted by molar-refractivity contribution is 5.96. The maximum Gasteiger partial charge on any atom is 0.230 e. The van der Waals surface area contributed by atoms with Crippen LogP contribution in [-0.4, -0.2) is 38.7 Å². The molecule has 108 valence electrons. The van der Waals surface area contributed by atoms with Crippen molar-refractivity contribution in [3.8, 4) is 5.75 Å². The maximum atomic E-state index is 13.8. The first-order valence-corrected chi connectivity index (χ1v) is 6.88. The van der Waals surface area contributed by atoms with Crippen LogP contribution in [0.1, 0.15) is 6.92 Å². The Hall–Kier alpha value is -1.82. The van der Waals surface area contributed by atoms with Crippen LogP contribution in [0.2, 0.25) is 0 Å². The van der Waals surface area contributed by atoms with Crippen molar-refractivity contribution >= 4 is 17.3 Å². The summed E-state index contributed by atoms with van der Waals surface area (Å²) in [6.07, 6.45) is 0. The predicted octanol–water partition coefficient (Wildman–Crippen LogP) is 1.20. The van der Waals surface area contributed by atoms with Gasteiger partial charge in [0.2, 0.25) is 5.91 Å². The van der Waals surface area contributed by atoms with Gasteiger partial charge in [0, 0.05) is 38.3 Å². The molecule has 5 nitrogen and oxygen atoms in total. The Labute approximate surface area is 117 Å². The van der Waals surface area contributed by atoms with Crippen molar-refractivity contribution in [2.24, 2.45) is 5.92 Å². The van der Waals surface area contributed by atoms with Gasteiger partial charge in [0.1, 0.15) is 5.82 Å². The number of amides is 1. The number of nitrogens with zero attached hydrogens (tertiary/aromatic N) is 1. The van der Waals surface area contributed by atoms with E-state index >= 15 is 0 Å². The number of halogens is 1. The topological polar surface area (TPSA) is 53.6 Å². The molecule has 1 aromatic carbocycles. The van der Waals surface area contributed by atoms with Crippen LogP contribution in [0.15, 0.2) is 12.1 Å². The van der Waals surface area contributed by atoms with E-state index in [2.05, 4.69) is 15.5 Å². The Morgan fingerprint density at radius 3 is 2.85 bits per heavy atom. The van der Waals surface area contributed by atoms with Gasteiger partial charge in [-0.2, -0.15) is 0 Å². The number of nitrogens with one attached hydrogen (secondary N) is 2. The van der Waals surface area contributed by atoms with Gasteiger partial charge in [0.05, 0.1) is 23.9 Å². The number of benzene rings is 1. The zero-order valence-electron chi connectivity index (χ0n) is 11.4. The van der Waals surface area contributed by atoms with Gasteiger partial charge in [-0.05, 0) is 0 Å². The second-order valence-corrected chi connectivity index (χ2v) is 5.24. The molecule has 1 fully saturated rings. The minimum atomic E-state index is -0.365. The summed E-state index contributed by atoms with van der Waals surface area (Å²) < 4.78 is 19.6. The fourth-order valence-electron chi connectivity index (χ4n) is 2.50. The number of hydrogen-bond acceptors (Lipinski definition) is 4. The minimum Gasteiger partial charge on any atom is -0.488 e. The van der Waals surface area contributed by atoms with Gasteiger partial charge in [-0.15, -0.1) is 0 Å². The summed E-state index contributed by atoms with van der Waals surface area (Å²) in [7, 11) is 0. The SMILES string of the molecule is CC1COc2c(cc(F)cc2N2CCNCC2)NC1=O. The average molecular weight is 279 g/mol. The molecule has 2 N–H and O–H groups in total. The molecule has 6 heteroatoms. The van der Waals surface area contributed by atoms with Gasteiger partial charge < -0.3 is 20.3 Å². The summed E-state index contributed by atoms with van der Waals surface area (Å²) in [5, 5.41) is 6.01. The molecule has 0 bridgehead atoms. The molecule has 2 aliphatic heterocycles. The van der Waals surface area contributed by atoms with Crippen molar-refractivity contribution in [2.45, 2.75) is 6.92 Å². The fraction of sp³-hybridized carbons (Fsp3) is 0.500. The van der Waals surface area contributed by atoms with Crippen LogP contribution in [0.3, 0.4) is 0 Å². The third kappa shape index (κ3) is 2.43. The highest BCUT2D eigenvalue weighted by Crippen LogP contribution is 2.39. The zero-order valence-corrected chi connectivity index (χ0v) is 11.4. The van der Waals surface area contributed by atoms with E-state index in [1.165, 1.54) is 12.1 Å². The average Bonchev–Trinajstić information content (AvgIpc) is 2.59. The summed E-state index contributed by atoms with van der Waals surface area (Å²) in [5.74, 6) is -0.177. The summed E-state index contributed by atoms with van der Waals surface area (Å²) >= 11 is 0. The number of anilines is 2. The van der Waals surface area contributed by atoms with Crippen molar-refractivity contribution in [1.82, 2.24) is 5.32 Å². The quantitative estimate of drug-likeness (QED) is 0.811. The van der Waals surface area contributed by atoms with Gasteiger partial charge >= 0.3 is 0 Å². The first-order valence-electron chi connectivity index (χ1n) is 6.88. The number of carbonyl (C=O) groups excluding carboxylic acids is 1. The Kier molecular flexibility index (Phi) is 3.48. The Bertz CT molecular complexity index is 529. The van der Waals surface area contributed by atoms with Crippen LogP contribution in [0, 0.1) is 11.7 Å². The molecule has 1 atom stereocenters. The van der Waals surface area contributed by atoms with Gasteiger partial charge in [-0.1, -0.05) is 6.92 Å². The standard InChI is InChI=1S/C14H18FN3O2/c1-9-8-20-13-11(17-14(9)19)6-10(15)7-12(13)18-4-2-16-3-5-18/h6-7,9,16H,2-5,8H2,1H3,(H,17,19). The second-order valence-electron chi connectivity index (χ2n) is 5.24. The lowest BCUT2D eigenvalue weighted by atomic mass is 10.2. The third-order valence-electron chi connectivity index (χ3n) is 3.67. The van der Waals surface area contributed by atoms with Crippen LogP contribution < -0.4 is 20.3 Å². The minimum absolute atomic E-state index is 0.138. The molecule has 1 aromatic rings. The van der Waals surface area contributed by atoms with Gasteiger partial charge in [0.25, 0.3) is 0 Å². The van der Waals surface area contributed by atoms with E-state index in [4.69, 9.17) is 4.74 Å². The number of carbonyl (C=O) groups is 1. The Morgan fingerprint density at radius 2 is 2.10 bits per heavy atom. The summed E-state index contributed by atoms with van der Waals surface area (Å²) in [6, 6.07) is 2.79. The normalized spacial score (nSPS) is 22.6. The molecule has 1 unspecified atom stereocenters. The molecule has 0 aromatic heterocycles. The molecule has 2 heterocycles. The molecule has 2 aliphatic rings. The number of rotatable bonds is 1. The van der Waals surface area contributed by atoms with Crippen LogP contribution in [0.4, 0.5) is 15.8 Å². The predicted molar refractivity (Wildman–Crippen MR) is 74.8 cm³/mol. The molecule has 0 spiro atoms. The summed E-state index contributed by atoms with van der Waals surface area (Å²) in [6.45, 7) is 5.40. The maximum absolute atomic E-state index is 13.8. The lowest BCUT2D eigenvalue weighted by Gasteiger charge is -2.31. The van der Waals surface area contributed by atoms with Crippen LogP contribution in [-0.2, 0) is 4.79 Å². The lowest BCUT2D eigenvalue weighted by Crippen LogP contribution is -2.43. The zero-order chi connectivity index (χ0) is 14.1.